The maximum atomic E-state index is 12.6. The number of sulfonamides is 1. The van der Waals surface area contributed by atoms with Crippen molar-refractivity contribution in [2.45, 2.75) is 17.6 Å². The molecule has 0 saturated carbocycles. The predicted molar refractivity (Wildman–Crippen MR) is 99.2 cm³/mol. The van der Waals surface area contributed by atoms with Crippen LogP contribution >= 0.6 is 11.6 Å². The molecule has 2 aromatic rings. The molecule has 0 unspecified atom stereocenters. The van der Waals surface area contributed by atoms with E-state index in [0.717, 1.165) is 16.4 Å². The second kappa shape index (κ2) is 8.50. The standard InChI is InChI=1S/C18H18ClF3N2O3S/c1-23(11-13-3-5-14(6-4-13)18(20,21)22)17(25)12-24(2)28(26,27)16-9-7-15(19)8-10-16/h3-10H,11-12H2,1-2H3. The molecule has 10 heteroatoms. The lowest BCUT2D eigenvalue weighted by molar-refractivity contribution is -0.137. The lowest BCUT2D eigenvalue weighted by Gasteiger charge is -2.22. The van der Waals surface area contributed by atoms with E-state index in [1.807, 2.05) is 0 Å². The Hall–Kier alpha value is -2.10. The fraction of sp³-hybridized carbons (Fsp3) is 0.278. The van der Waals surface area contributed by atoms with Gasteiger partial charge in [0.25, 0.3) is 0 Å². The number of carbonyl (C=O) groups is 1. The van der Waals surface area contributed by atoms with Gasteiger partial charge >= 0.3 is 6.18 Å². The van der Waals surface area contributed by atoms with E-state index < -0.39 is 34.2 Å². The number of alkyl halides is 3. The number of hydrogen-bond donors (Lipinski definition) is 0. The summed E-state index contributed by atoms with van der Waals surface area (Å²) in [7, 11) is -1.16. The highest BCUT2D eigenvalue weighted by Crippen LogP contribution is 2.29. The number of amides is 1. The SMILES string of the molecule is CN(Cc1ccc(C(F)(F)F)cc1)C(=O)CN(C)S(=O)(=O)c1ccc(Cl)cc1. The zero-order valence-electron chi connectivity index (χ0n) is 15.1. The molecular formula is C18H18ClF3N2O3S. The maximum absolute atomic E-state index is 12.6. The van der Waals surface area contributed by atoms with Crippen molar-refractivity contribution in [1.29, 1.82) is 0 Å². The average Bonchev–Trinajstić information content (AvgIpc) is 2.61. The summed E-state index contributed by atoms with van der Waals surface area (Å²) in [5, 5.41) is 0.383. The van der Waals surface area contributed by atoms with Gasteiger partial charge in [0.1, 0.15) is 0 Å². The molecule has 0 bridgehead atoms. The number of halogens is 4. The number of carbonyl (C=O) groups excluding carboxylic acids is 1. The van der Waals surface area contributed by atoms with Gasteiger partial charge in [0.2, 0.25) is 15.9 Å². The quantitative estimate of drug-likeness (QED) is 0.697. The highest BCUT2D eigenvalue weighted by atomic mass is 35.5. The third-order valence-corrected chi connectivity index (χ3v) is 6.08. The fourth-order valence-electron chi connectivity index (χ4n) is 2.34. The minimum atomic E-state index is -4.43. The molecule has 2 rings (SSSR count). The van der Waals surface area contributed by atoms with Crippen LogP contribution in [0.5, 0.6) is 0 Å². The van der Waals surface area contributed by atoms with Crippen LogP contribution in [-0.4, -0.2) is 44.2 Å². The van der Waals surface area contributed by atoms with Crippen molar-refractivity contribution in [2.75, 3.05) is 20.6 Å². The topological polar surface area (TPSA) is 57.7 Å². The molecule has 0 spiro atoms. The van der Waals surface area contributed by atoms with E-state index in [1.165, 1.54) is 55.4 Å². The maximum Gasteiger partial charge on any atom is 0.416 e. The van der Waals surface area contributed by atoms with Crippen LogP contribution < -0.4 is 0 Å². The van der Waals surface area contributed by atoms with Crippen LogP contribution in [0, 0.1) is 0 Å². The Bertz CT molecular complexity index is 930. The van der Waals surface area contributed by atoms with Crippen molar-refractivity contribution in [3.63, 3.8) is 0 Å². The van der Waals surface area contributed by atoms with Gasteiger partial charge in [-0.25, -0.2) is 8.42 Å². The minimum absolute atomic E-state index is 0.00223. The van der Waals surface area contributed by atoms with Crippen molar-refractivity contribution in [3.8, 4) is 0 Å². The van der Waals surface area contributed by atoms with Gasteiger partial charge in [-0.1, -0.05) is 23.7 Å². The minimum Gasteiger partial charge on any atom is -0.340 e. The van der Waals surface area contributed by atoms with Gasteiger partial charge < -0.3 is 4.90 Å². The number of rotatable bonds is 6. The van der Waals surface area contributed by atoms with Crippen LogP contribution in [-0.2, 0) is 27.5 Å². The monoisotopic (exact) mass is 434 g/mol. The second-order valence-corrected chi connectivity index (χ2v) is 8.64. The fourth-order valence-corrected chi connectivity index (χ4v) is 3.59. The summed E-state index contributed by atoms with van der Waals surface area (Å²) in [4.78, 5) is 13.6. The molecule has 152 valence electrons. The van der Waals surface area contributed by atoms with Gasteiger partial charge in [0.15, 0.2) is 0 Å². The normalized spacial score (nSPS) is 12.2. The van der Waals surface area contributed by atoms with E-state index in [4.69, 9.17) is 11.6 Å². The summed E-state index contributed by atoms with van der Waals surface area (Å²) in [6.45, 7) is -0.367. The van der Waals surface area contributed by atoms with Crippen LogP contribution in [0.4, 0.5) is 13.2 Å². The number of benzene rings is 2. The Labute approximate surface area is 166 Å². The molecule has 0 saturated heterocycles. The molecular weight excluding hydrogens is 417 g/mol. The van der Waals surface area contributed by atoms with Crippen LogP contribution in [0.25, 0.3) is 0 Å². The van der Waals surface area contributed by atoms with Crippen molar-refractivity contribution in [3.05, 3.63) is 64.7 Å². The molecule has 2 aromatic carbocycles. The van der Waals surface area contributed by atoms with E-state index in [-0.39, 0.29) is 11.4 Å². The Balaban J connectivity index is 2.02. The first kappa shape index (κ1) is 22.2. The molecule has 0 heterocycles. The third kappa shape index (κ3) is 5.46. The second-order valence-electron chi connectivity index (χ2n) is 6.16. The van der Waals surface area contributed by atoms with E-state index in [9.17, 15) is 26.4 Å². The first-order valence-electron chi connectivity index (χ1n) is 8.03. The first-order valence-corrected chi connectivity index (χ1v) is 9.85. The Morgan fingerprint density at radius 3 is 2.04 bits per heavy atom. The molecule has 5 nitrogen and oxygen atoms in total. The average molecular weight is 435 g/mol. The molecule has 0 radical (unpaired) electrons. The van der Waals surface area contributed by atoms with Crippen LogP contribution in [0.3, 0.4) is 0 Å². The summed E-state index contributed by atoms with van der Waals surface area (Å²) in [5.41, 5.74) is -0.286. The molecule has 0 aliphatic heterocycles. The lowest BCUT2D eigenvalue weighted by atomic mass is 10.1. The Morgan fingerprint density at radius 1 is 1.00 bits per heavy atom. The van der Waals surface area contributed by atoms with Crippen LogP contribution in [0.1, 0.15) is 11.1 Å². The van der Waals surface area contributed by atoms with Crippen molar-refractivity contribution in [2.24, 2.45) is 0 Å². The summed E-state index contributed by atoms with van der Waals surface area (Å²) < 4.78 is 63.7. The van der Waals surface area contributed by atoms with E-state index in [2.05, 4.69) is 0 Å². The zero-order chi connectivity index (χ0) is 21.1. The van der Waals surface area contributed by atoms with Crippen molar-refractivity contribution < 1.29 is 26.4 Å². The van der Waals surface area contributed by atoms with Crippen LogP contribution in [0.2, 0.25) is 5.02 Å². The smallest absolute Gasteiger partial charge is 0.340 e. The molecule has 0 fully saturated rings. The Morgan fingerprint density at radius 2 is 1.54 bits per heavy atom. The number of nitrogens with zero attached hydrogens (tertiary/aromatic N) is 2. The van der Waals surface area contributed by atoms with Gasteiger partial charge in [0.05, 0.1) is 17.0 Å². The van der Waals surface area contributed by atoms with Gasteiger partial charge in [0, 0.05) is 25.7 Å². The van der Waals surface area contributed by atoms with Gasteiger partial charge in [-0.15, -0.1) is 0 Å². The van der Waals surface area contributed by atoms with Gasteiger partial charge in [-0.3, -0.25) is 4.79 Å². The van der Waals surface area contributed by atoms with Crippen molar-refractivity contribution >= 4 is 27.5 Å². The van der Waals surface area contributed by atoms with Gasteiger partial charge in [-0.05, 0) is 42.0 Å². The molecule has 0 aromatic heterocycles. The van der Waals surface area contributed by atoms with Crippen LogP contribution in [0.15, 0.2) is 53.4 Å². The lowest BCUT2D eigenvalue weighted by Crippen LogP contribution is -2.39. The summed E-state index contributed by atoms with van der Waals surface area (Å²) in [5.74, 6) is -0.500. The summed E-state index contributed by atoms with van der Waals surface area (Å²) in [6.07, 6.45) is -4.43. The van der Waals surface area contributed by atoms with E-state index >= 15 is 0 Å². The molecule has 0 aliphatic carbocycles. The summed E-state index contributed by atoms with van der Waals surface area (Å²) in [6, 6.07) is 9.97. The molecule has 1 amide bonds. The Kier molecular flexibility index (Phi) is 6.74. The number of likely N-dealkylation sites (N-methyl/N-ethyl adjacent to an activating group) is 2. The highest BCUT2D eigenvalue weighted by molar-refractivity contribution is 7.89. The largest absolute Gasteiger partial charge is 0.416 e. The molecule has 0 N–H and O–H groups in total. The van der Waals surface area contributed by atoms with E-state index in [1.54, 1.807) is 0 Å². The summed E-state index contributed by atoms with van der Waals surface area (Å²) >= 11 is 5.75. The first-order chi connectivity index (χ1) is 12.9. The molecule has 0 atom stereocenters. The zero-order valence-corrected chi connectivity index (χ0v) is 16.6. The van der Waals surface area contributed by atoms with E-state index in [0.29, 0.717) is 10.6 Å². The molecule has 28 heavy (non-hydrogen) atoms. The third-order valence-electron chi connectivity index (χ3n) is 4.01. The number of hydrogen-bond acceptors (Lipinski definition) is 3. The highest BCUT2D eigenvalue weighted by Gasteiger charge is 2.30. The van der Waals surface area contributed by atoms with Gasteiger partial charge in [-0.2, -0.15) is 17.5 Å². The predicted octanol–water partition coefficient (Wildman–Crippen LogP) is 3.64. The van der Waals surface area contributed by atoms with Crippen molar-refractivity contribution in [1.82, 2.24) is 9.21 Å². The molecule has 0 aliphatic rings.